The van der Waals surface area contributed by atoms with Crippen molar-refractivity contribution in [2.24, 2.45) is 0 Å². The number of ether oxygens (including phenoxy) is 1. The molecule has 1 aromatic carbocycles. The summed E-state index contributed by atoms with van der Waals surface area (Å²) >= 11 is 0. The lowest BCUT2D eigenvalue weighted by Gasteiger charge is -2.17. The monoisotopic (exact) mass is 269 g/mol. The van der Waals surface area contributed by atoms with Crippen LogP contribution in [0, 0.1) is 6.92 Å². The zero-order chi connectivity index (χ0) is 14.1. The van der Waals surface area contributed by atoms with Crippen molar-refractivity contribution in [2.75, 3.05) is 18.6 Å². The second kappa shape index (κ2) is 4.92. The third-order valence-corrected chi connectivity index (χ3v) is 3.42. The van der Waals surface area contributed by atoms with E-state index in [0.717, 1.165) is 29.9 Å². The van der Waals surface area contributed by atoms with Gasteiger partial charge in [-0.25, -0.2) is 14.8 Å². The molecule has 0 N–H and O–H groups in total. The van der Waals surface area contributed by atoms with Crippen LogP contribution in [0.2, 0.25) is 0 Å². The van der Waals surface area contributed by atoms with E-state index in [-0.39, 0.29) is 5.97 Å². The minimum Gasteiger partial charge on any atom is -0.465 e. The van der Waals surface area contributed by atoms with E-state index in [4.69, 9.17) is 4.74 Å². The second-order valence-electron chi connectivity index (χ2n) is 4.73. The van der Waals surface area contributed by atoms with Crippen molar-refractivity contribution in [1.82, 2.24) is 9.97 Å². The van der Waals surface area contributed by atoms with Gasteiger partial charge >= 0.3 is 5.97 Å². The first-order chi connectivity index (χ1) is 9.69. The van der Waals surface area contributed by atoms with Crippen molar-refractivity contribution in [3.8, 4) is 0 Å². The predicted octanol–water partition coefficient (Wildman–Crippen LogP) is 2.27. The first-order valence-electron chi connectivity index (χ1n) is 6.47. The number of hydrogen-bond acceptors (Lipinski definition) is 5. The number of carbonyl (C=O) groups is 1. The number of rotatable bonds is 2. The summed E-state index contributed by atoms with van der Waals surface area (Å²) in [6.45, 7) is 2.77. The average molecular weight is 269 g/mol. The largest absolute Gasteiger partial charge is 0.465 e. The van der Waals surface area contributed by atoms with Crippen molar-refractivity contribution in [1.29, 1.82) is 0 Å². The van der Waals surface area contributed by atoms with Gasteiger partial charge in [-0.1, -0.05) is 0 Å². The predicted molar refractivity (Wildman–Crippen MR) is 75.3 cm³/mol. The van der Waals surface area contributed by atoms with E-state index >= 15 is 0 Å². The van der Waals surface area contributed by atoms with Crippen LogP contribution in [0.1, 0.15) is 21.6 Å². The molecule has 20 heavy (non-hydrogen) atoms. The van der Waals surface area contributed by atoms with Crippen LogP contribution in [0.25, 0.3) is 0 Å². The van der Waals surface area contributed by atoms with Crippen LogP contribution in [0.15, 0.2) is 30.5 Å². The van der Waals surface area contributed by atoms with Gasteiger partial charge in [0.05, 0.1) is 12.7 Å². The molecule has 5 nitrogen and oxygen atoms in total. The van der Waals surface area contributed by atoms with E-state index in [0.29, 0.717) is 11.5 Å². The molecular weight excluding hydrogens is 254 g/mol. The quantitative estimate of drug-likeness (QED) is 0.783. The maximum Gasteiger partial charge on any atom is 0.337 e. The maximum atomic E-state index is 11.5. The summed E-state index contributed by atoms with van der Waals surface area (Å²) in [4.78, 5) is 22.4. The molecule has 1 aliphatic rings. The second-order valence-corrected chi connectivity index (χ2v) is 4.73. The van der Waals surface area contributed by atoms with Crippen molar-refractivity contribution in [3.63, 3.8) is 0 Å². The Bertz CT molecular complexity index is 670. The third-order valence-electron chi connectivity index (χ3n) is 3.42. The molecule has 3 rings (SSSR count). The highest BCUT2D eigenvalue weighted by Gasteiger charge is 2.23. The molecule has 0 fully saturated rings. The number of aromatic nitrogens is 2. The molecule has 2 aromatic rings. The summed E-state index contributed by atoms with van der Waals surface area (Å²) in [6, 6.07) is 7.47. The first kappa shape index (κ1) is 12.6. The Balaban J connectivity index is 1.97. The number of aryl methyl sites for hydroxylation is 1. The normalized spacial score (nSPS) is 13.2. The molecule has 0 atom stereocenters. The van der Waals surface area contributed by atoms with E-state index in [2.05, 4.69) is 14.9 Å². The van der Waals surface area contributed by atoms with Crippen LogP contribution in [0.3, 0.4) is 0 Å². The van der Waals surface area contributed by atoms with Gasteiger partial charge in [-0.3, -0.25) is 0 Å². The third kappa shape index (κ3) is 2.11. The van der Waals surface area contributed by atoms with E-state index in [9.17, 15) is 4.79 Å². The van der Waals surface area contributed by atoms with E-state index in [1.165, 1.54) is 7.11 Å². The molecule has 0 unspecified atom stereocenters. The molecule has 0 amide bonds. The molecular formula is C15H15N3O2. The summed E-state index contributed by atoms with van der Waals surface area (Å²) < 4.78 is 4.75. The fraction of sp³-hybridized carbons (Fsp3) is 0.267. The molecule has 2 heterocycles. The number of methoxy groups -OCH3 is 1. The average Bonchev–Trinajstić information content (AvgIpc) is 2.89. The van der Waals surface area contributed by atoms with Crippen LogP contribution < -0.4 is 4.90 Å². The lowest BCUT2D eigenvalue weighted by atomic mass is 10.1. The lowest BCUT2D eigenvalue weighted by molar-refractivity contribution is 0.0600. The molecule has 0 radical (unpaired) electrons. The molecule has 0 saturated carbocycles. The Kier molecular flexibility index (Phi) is 3.10. The number of fused-ring (bicyclic) bond motifs is 1. The Hall–Kier alpha value is -2.43. The number of benzene rings is 1. The Morgan fingerprint density at radius 1 is 1.35 bits per heavy atom. The topological polar surface area (TPSA) is 55.3 Å². The highest BCUT2D eigenvalue weighted by atomic mass is 16.5. The highest BCUT2D eigenvalue weighted by Crippen LogP contribution is 2.33. The summed E-state index contributed by atoms with van der Waals surface area (Å²) in [6.07, 6.45) is 2.63. The Labute approximate surface area is 117 Å². The summed E-state index contributed by atoms with van der Waals surface area (Å²) in [5.74, 6) is 0.396. The van der Waals surface area contributed by atoms with Crippen LogP contribution in [-0.2, 0) is 11.2 Å². The van der Waals surface area contributed by atoms with Gasteiger partial charge in [0.15, 0.2) is 0 Å². The fourth-order valence-corrected chi connectivity index (χ4v) is 2.42. The van der Waals surface area contributed by atoms with Gasteiger partial charge < -0.3 is 9.64 Å². The van der Waals surface area contributed by atoms with E-state index in [1.807, 2.05) is 25.1 Å². The maximum absolute atomic E-state index is 11.5. The standard InChI is InChI=1S/C15H15N3O2/c1-10-5-7-16-15(17-10)18-8-6-11-9-12(14(19)20-2)3-4-13(11)18/h3-5,7,9H,6,8H2,1-2H3. The van der Waals surface area contributed by atoms with E-state index < -0.39 is 0 Å². The molecule has 0 aliphatic carbocycles. The minimum atomic E-state index is -0.307. The van der Waals surface area contributed by atoms with Gasteiger partial charge in [0.2, 0.25) is 5.95 Å². The molecule has 1 aliphatic heterocycles. The number of nitrogens with zero attached hydrogens (tertiary/aromatic N) is 3. The number of anilines is 2. The SMILES string of the molecule is COC(=O)c1ccc2c(c1)CCN2c1nccc(C)n1. The van der Waals surface area contributed by atoms with Crippen molar-refractivity contribution >= 4 is 17.6 Å². The van der Waals surface area contributed by atoms with Gasteiger partial charge in [-0.2, -0.15) is 0 Å². The number of carbonyl (C=O) groups excluding carboxylic acids is 1. The Morgan fingerprint density at radius 2 is 2.20 bits per heavy atom. The first-order valence-corrected chi connectivity index (χ1v) is 6.47. The van der Waals surface area contributed by atoms with Gasteiger partial charge in [-0.05, 0) is 43.2 Å². The number of esters is 1. The van der Waals surface area contributed by atoms with Crippen LogP contribution in [0.5, 0.6) is 0 Å². The zero-order valence-corrected chi connectivity index (χ0v) is 11.5. The summed E-state index contributed by atoms with van der Waals surface area (Å²) in [5.41, 5.74) is 3.70. The van der Waals surface area contributed by atoms with Crippen LogP contribution in [-0.4, -0.2) is 29.6 Å². The molecule has 5 heteroatoms. The Morgan fingerprint density at radius 3 is 2.95 bits per heavy atom. The van der Waals surface area contributed by atoms with Crippen LogP contribution >= 0.6 is 0 Å². The number of hydrogen-bond donors (Lipinski definition) is 0. The van der Waals surface area contributed by atoms with Crippen molar-refractivity contribution in [2.45, 2.75) is 13.3 Å². The smallest absolute Gasteiger partial charge is 0.337 e. The molecule has 0 saturated heterocycles. The van der Waals surface area contributed by atoms with Gasteiger partial charge in [0, 0.05) is 24.1 Å². The van der Waals surface area contributed by atoms with Gasteiger partial charge in [0.25, 0.3) is 0 Å². The van der Waals surface area contributed by atoms with Crippen molar-refractivity contribution < 1.29 is 9.53 Å². The van der Waals surface area contributed by atoms with E-state index in [1.54, 1.807) is 12.3 Å². The molecule has 1 aromatic heterocycles. The van der Waals surface area contributed by atoms with Crippen molar-refractivity contribution in [3.05, 3.63) is 47.3 Å². The highest BCUT2D eigenvalue weighted by molar-refractivity contribution is 5.90. The minimum absolute atomic E-state index is 0.307. The van der Waals surface area contributed by atoms with Crippen LogP contribution in [0.4, 0.5) is 11.6 Å². The molecule has 0 bridgehead atoms. The zero-order valence-electron chi connectivity index (χ0n) is 11.5. The summed E-state index contributed by atoms with van der Waals surface area (Å²) in [5, 5.41) is 0. The summed E-state index contributed by atoms with van der Waals surface area (Å²) in [7, 11) is 1.39. The molecule has 102 valence electrons. The van der Waals surface area contributed by atoms with Gasteiger partial charge in [-0.15, -0.1) is 0 Å². The fourth-order valence-electron chi connectivity index (χ4n) is 2.42. The van der Waals surface area contributed by atoms with Gasteiger partial charge in [0.1, 0.15) is 0 Å². The lowest BCUT2D eigenvalue weighted by Crippen LogP contribution is -2.16. The molecule has 0 spiro atoms.